The van der Waals surface area contributed by atoms with Crippen molar-refractivity contribution >= 4 is 17.4 Å². The number of nitro groups is 1. The molecule has 2 N–H and O–H groups in total. The van der Waals surface area contributed by atoms with Crippen LogP contribution in [0.1, 0.15) is 5.56 Å². The minimum atomic E-state index is -0.652. The van der Waals surface area contributed by atoms with Crippen LogP contribution in [0, 0.1) is 15.9 Å². The number of nitrogens with zero attached hydrogens (tertiary/aromatic N) is 4. The van der Waals surface area contributed by atoms with Gasteiger partial charge in [-0.2, -0.15) is 0 Å². The standard InChI is InChI=1S/C13H10FN5O3S/c14-9-3-1-4-10(19(20)21)8(9)7-23-13-17-16-12(18(13)15)11-5-2-6-22-11/h1-6H,7,15H2. The van der Waals surface area contributed by atoms with Crippen LogP contribution in [0.5, 0.6) is 0 Å². The molecule has 0 radical (unpaired) electrons. The second-order valence-corrected chi connectivity index (χ2v) is 5.38. The molecule has 0 saturated carbocycles. The van der Waals surface area contributed by atoms with Crippen LogP contribution in [0.25, 0.3) is 11.6 Å². The third kappa shape index (κ3) is 2.88. The van der Waals surface area contributed by atoms with E-state index >= 15 is 0 Å². The Hall–Kier alpha value is -2.88. The van der Waals surface area contributed by atoms with E-state index in [0.717, 1.165) is 11.8 Å². The van der Waals surface area contributed by atoms with Crippen LogP contribution in [-0.4, -0.2) is 19.8 Å². The fourth-order valence-electron chi connectivity index (χ4n) is 1.95. The molecule has 0 atom stereocenters. The lowest BCUT2D eigenvalue weighted by molar-refractivity contribution is -0.385. The summed E-state index contributed by atoms with van der Waals surface area (Å²) in [6.45, 7) is 0. The molecule has 0 unspecified atom stereocenters. The first-order valence-corrected chi connectivity index (χ1v) is 7.35. The highest BCUT2D eigenvalue weighted by Crippen LogP contribution is 2.29. The molecule has 3 rings (SSSR count). The highest BCUT2D eigenvalue weighted by molar-refractivity contribution is 7.98. The summed E-state index contributed by atoms with van der Waals surface area (Å²) in [4.78, 5) is 10.3. The SMILES string of the molecule is Nn1c(SCc2c(F)cccc2[N+](=O)[O-])nnc1-c1ccco1. The van der Waals surface area contributed by atoms with Gasteiger partial charge in [0.15, 0.2) is 5.76 Å². The van der Waals surface area contributed by atoms with Crippen molar-refractivity contribution in [1.82, 2.24) is 14.9 Å². The van der Waals surface area contributed by atoms with Crippen LogP contribution in [0.2, 0.25) is 0 Å². The molecule has 0 spiro atoms. The number of nitro benzene ring substituents is 1. The summed E-state index contributed by atoms with van der Waals surface area (Å²) in [6.07, 6.45) is 1.47. The molecule has 2 aromatic heterocycles. The van der Waals surface area contributed by atoms with Gasteiger partial charge < -0.3 is 10.3 Å². The number of thioether (sulfide) groups is 1. The lowest BCUT2D eigenvalue weighted by Gasteiger charge is -2.04. The molecule has 0 fully saturated rings. The summed E-state index contributed by atoms with van der Waals surface area (Å²) < 4.78 is 20.2. The summed E-state index contributed by atoms with van der Waals surface area (Å²) in [5.74, 6) is 5.96. The molecule has 118 valence electrons. The normalized spacial score (nSPS) is 10.8. The summed E-state index contributed by atoms with van der Waals surface area (Å²) >= 11 is 1.04. The van der Waals surface area contributed by atoms with Gasteiger partial charge in [0.2, 0.25) is 11.0 Å². The van der Waals surface area contributed by atoms with Crippen LogP contribution in [-0.2, 0) is 5.75 Å². The zero-order valence-corrected chi connectivity index (χ0v) is 12.4. The van der Waals surface area contributed by atoms with E-state index in [1.165, 1.54) is 29.1 Å². The minimum absolute atomic E-state index is 0.00350. The summed E-state index contributed by atoms with van der Waals surface area (Å²) in [7, 11) is 0. The van der Waals surface area contributed by atoms with Crippen molar-refractivity contribution in [2.75, 3.05) is 5.84 Å². The largest absolute Gasteiger partial charge is 0.461 e. The predicted molar refractivity (Wildman–Crippen MR) is 80.5 cm³/mol. The Morgan fingerprint density at radius 2 is 2.17 bits per heavy atom. The van der Waals surface area contributed by atoms with E-state index in [9.17, 15) is 14.5 Å². The summed E-state index contributed by atoms with van der Waals surface area (Å²) in [6, 6.07) is 7.07. The van der Waals surface area contributed by atoms with Gasteiger partial charge >= 0.3 is 0 Å². The van der Waals surface area contributed by atoms with Gasteiger partial charge in [-0.05, 0) is 18.2 Å². The zero-order chi connectivity index (χ0) is 16.4. The maximum absolute atomic E-state index is 13.8. The van der Waals surface area contributed by atoms with Crippen molar-refractivity contribution in [2.24, 2.45) is 0 Å². The quantitative estimate of drug-likeness (QED) is 0.330. The molecule has 0 aliphatic heterocycles. The number of rotatable bonds is 5. The smallest absolute Gasteiger partial charge is 0.276 e. The van der Waals surface area contributed by atoms with Crippen LogP contribution < -0.4 is 5.84 Å². The van der Waals surface area contributed by atoms with E-state index in [-0.39, 0.29) is 22.2 Å². The number of furan rings is 1. The summed E-state index contributed by atoms with van der Waals surface area (Å²) in [5.41, 5.74) is -0.308. The number of halogens is 1. The topological polar surface area (TPSA) is 113 Å². The molecule has 23 heavy (non-hydrogen) atoms. The molecule has 0 bridgehead atoms. The Labute approximate surface area is 133 Å². The van der Waals surface area contributed by atoms with Gasteiger partial charge in [0.25, 0.3) is 5.69 Å². The molecule has 0 aliphatic carbocycles. The van der Waals surface area contributed by atoms with Crippen LogP contribution in [0.15, 0.2) is 46.2 Å². The number of hydrogen-bond acceptors (Lipinski definition) is 7. The van der Waals surface area contributed by atoms with E-state index in [1.54, 1.807) is 12.1 Å². The van der Waals surface area contributed by atoms with Gasteiger partial charge in [0, 0.05) is 11.8 Å². The Morgan fingerprint density at radius 1 is 1.35 bits per heavy atom. The molecular weight excluding hydrogens is 325 g/mol. The van der Waals surface area contributed by atoms with Gasteiger partial charge in [-0.25, -0.2) is 9.07 Å². The first kappa shape index (κ1) is 15.0. The molecular formula is C13H10FN5O3S. The lowest BCUT2D eigenvalue weighted by Crippen LogP contribution is -2.11. The second-order valence-electron chi connectivity index (χ2n) is 4.44. The minimum Gasteiger partial charge on any atom is -0.461 e. The second kappa shape index (κ2) is 6.08. The lowest BCUT2D eigenvalue weighted by atomic mass is 10.2. The first-order valence-electron chi connectivity index (χ1n) is 6.37. The van der Waals surface area contributed by atoms with Crippen LogP contribution in [0.4, 0.5) is 10.1 Å². The van der Waals surface area contributed by atoms with Gasteiger partial charge in [0.05, 0.1) is 16.7 Å². The molecule has 2 heterocycles. The molecule has 0 aliphatic rings. The fraction of sp³-hybridized carbons (Fsp3) is 0.0769. The van der Waals surface area contributed by atoms with Gasteiger partial charge in [-0.1, -0.05) is 17.8 Å². The van der Waals surface area contributed by atoms with Crippen LogP contribution >= 0.6 is 11.8 Å². The fourth-order valence-corrected chi connectivity index (χ4v) is 2.83. The average molecular weight is 335 g/mol. The molecule has 1 aromatic carbocycles. The monoisotopic (exact) mass is 335 g/mol. The molecule has 0 amide bonds. The predicted octanol–water partition coefficient (Wildman–Crippen LogP) is 2.59. The van der Waals surface area contributed by atoms with Crippen molar-refractivity contribution in [3.63, 3.8) is 0 Å². The van der Waals surface area contributed by atoms with Crippen molar-refractivity contribution in [1.29, 1.82) is 0 Å². The maximum Gasteiger partial charge on any atom is 0.276 e. The van der Waals surface area contributed by atoms with E-state index in [1.807, 2.05) is 0 Å². The first-order chi connectivity index (χ1) is 11.1. The van der Waals surface area contributed by atoms with Gasteiger partial charge in [-0.3, -0.25) is 10.1 Å². The maximum atomic E-state index is 13.8. The van der Waals surface area contributed by atoms with E-state index in [0.29, 0.717) is 11.6 Å². The van der Waals surface area contributed by atoms with Gasteiger partial charge in [0.1, 0.15) is 5.82 Å². The van der Waals surface area contributed by atoms with Crippen LogP contribution in [0.3, 0.4) is 0 Å². The Balaban J connectivity index is 1.84. The zero-order valence-electron chi connectivity index (χ0n) is 11.5. The average Bonchev–Trinajstić information content (AvgIpc) is 3.15. The molecule has 3 aromatic rings. The van der Waals surface area contributed by atoms with Gasteiger partial charge in [-0.15, -0.1) is 10.2 Å². The molecule has 0 saturated heterocycles. The van der Waals surface area contributed by atoms with Crippen molar-refractivity contribution < 1.29 is 13.7 Å². The van der Waals surface area contributed by atoms with E-state index in [2.05, 4.69) is 10.2 Å². The molecule has 8 nitrogen and oxygen atoms in total. The highest BCUT2D eigenvalue weighted by Gasteiger charge is 2.20. The summed E-state index contributed by atoms with van der Waals surface area (Å²) in [5, 5.41) is 19.0. The molecule has 10 heteroatoms. The van der Waals surface area contributed by atoms with Crippen molar-refractivity contribution in [3.05, 3.63) is 58.1 Å². The number of nitrogens with two attached hydrogens (primary N) is 1. The number of nitrogen functional groups attached to an aromatic ring is 1. The Kier molecular flexibility index (Phi) is 3.98. The third-order valence-electron chi connectivity index (χ3n) is 3.04. The van der Waals surface area contributed by atoms with Crippen molar-refractivity contribution in [2.45, 2.75) is 10.9 Å². The Morgan fingerprint density at radius 3 is 2.87 bits per heavy atom. The number of benzene rings is 1. The highest BCUT2D eigenvalue weighted by atomic mass is 32.2. The third-order valence-corrected chi connectivity index (χ3v) is 4.01. The van der Waals surface area contributed by atoms with E-state index in [4.69, 9.17) is 10.3 Å². The number of hydrogen-bond donors (Lipinski definition) is 1. The Bertz CT molecular complexity index is 849. The van der Waals surface area contributed by atoms with Crippen molar-refractivity contribution in [3.8, 4) is 11.6 Å². The number of aromatic nitrogens is 3. The van der Waals surface area contributed by atoms with E-state index < -0.39 is 10.7 Å².